The van der Waals surface area contributed by atoms with Gasteiger partial charge in [0.25, 0.3) is 0 Å². The van der Waals surface area contributed by atoms with Crippen LogP contribution in [0.4, 0.5) is 0 Å². The molecule has 0 aliphatic carbocycles. The van der Waals surface area contributed by atoms with Crippen LogP contribution in [0.25, 0.3) is 0 Å². The van der Waals surface area contributed by atoms with E-state index in [0.29, 0.717) is 6.54 Å². The van der Waals surface area contributed by atoms with E-state index in [2.05, 4.69) is 17.1 Å². The molecule has 1 rings (SSSR count). The fourth-order valence-electron chi connectivity index (χ4n) is 2.58. The molecule has 1 aliphatic rings. The number of likely N-dealkylation sites (tertiary alicyclic amines) is 1. The Kier molecular flexibility index (Phi) is 8.30. The van der Waals surface area contributed by atoms with Gasteiger partial charge in [0.1, 0.15) is 0 Å². The molecule has 6 nitrogen and oxygen atoms in total. The first-order valence-electron chi connectivity index (χ1n) is 7.86. The maximum atomic E-state index is 11.9. The molecule has 21 heavy (non-hydrogen) atoms. The van der Waals surface area contributed by atoms with Crippen molar-refractivity contribution in [3.8, 4) is 0 Å². The molecular weight excluding hydrogens is 272 g/mol. The molecule has 0 aromatic rings. The minimum atomic E-state index is -0.828. The summed E-state index contributed by atoms with van der Waals surface area (Å²) in [6, 6.07) is 0.236. The lowest BCUT2D eigenvalue weighted by Gasteiger charge is -2.31. The second-order valence-electron chi connectivity index (χ2n) is 5.75. The van der Waals surface area contributed by atoms with E-state index < -0.39 is 5.97 Å². The first kappa shape index (κ1) is 17.9. The lowest BCUT2D eigenvalue weighted by Crippen LogP contribution is -2.45. The zero-order valence-corrected chi connectivity index (χ0v) is 13.1. The number of piperidine rings is 1. The van der Waals surface area contributed by atoms with Gasteiger partial charge in [0.05, 0.1) is 25.7 Å². The van der Waals surface area contributed by atoms with Crippen molar-refractivity contribution in [3.63, 3.8) is 0 Å². The summed E-state index contributed by atoms with van der Waals surface area (Å²) in [6.07, 6.45) is 3.97. The molecule has 0 aromatic heterocycles. The second kappa shape index (κ2) is 9.73. The topological polar surface area (TPSA) is 78.9 Å². The van der Waals surface area contributed by atoms with Crippen molar-refractivity contribution in [2.24, 2.45) is 0 Å². The number of nitrogens with one attached hydrogen (secondary N) is 1. The molecule has 1 atom stereocenters. The number of carbonyl (C=O) groups is 2. The lowest BCUT2D eigenvalue weighted by atomic mass is 10.1. The van der Waals surface area contributed by atoms with Gasteiger partial charge < -0.3 is 15.2 Å². The first-order valence-corrected chi connectivity index (χ1v) is 7.86. The Morgan fingerprint density at radius 1 is 1.38 bits per heavy atom. The van der Waals surface area contributed by atoms with E-state index >= 15 is 0 Å². The number of amides is 1. The Bertz CT molecular complexity index is 328. The minimum Gasteiger partial charge on any atom is -0.481 e. The van der Waals surface area contributed by atoms with Crippen LogP contribution in [-0.2, 0) is 14.3 Å². The van der Waals surface area contributed by atoms with Gasteiger partial charge in [0.2, 0.25) is 5.91 Å². The molecule has 0 saturated carbocycles. The van der Waals surface area contributed by atoms with Gasteiger partial charge in [-0.3, -0.25) is 14.5 Å². The molecule has 1 aliphatic heterocycles. The number of rotatable bonds is 9. The summed E-state index contributed by atoms with van der Waals surface area (Å²) in [7, 11) is 0. The van der Waals surface area contributed by atoms with Crippen molar-refractivity contribution in [2.75, 3.05) is 26.2 Å². The van der Waals surface area contributed by atoms with Gasteiger partial charge in [-0.05, 0) is 26.2 Å². The normalized spacial score (nSPS) is 18.4. The van der Waals surface area contributed by atoms with Crippen LogP contribution in [0.1, 0.15) is 46.0 Å². The summed E-state index contributed by atoms with van der Waals surface area (Å²) in [4.78, 5) is 24.4. The van der Waals surface area contributed by atoms with E-state index in [9.17, 15) is 9.59 Å². The Morgan fingerprint density at radius 3 is 2.62 bits per heavy atom. The summed E-state index contributed by atoms with van der Waals surface area (Å²) in [6.45, 7) is 6.51. The third-order valence-electron chi connectivity index (χ3n) is 3.70. The number of aliphatic carboxylic acids is 1. The molecule has 0 radical (unpaired) electrons. The maximum Gasteiger partial charge on any atom is 0.305 e. The summed E-state index contributed by atoms with van der Waals surface area (Å²) in [5.41, 5.74) is 0. The fraction of sp³-hybridized carbons (Fsp3) is 0.867. The van der Waals surface area contributed by atoms with E-state index in [-0.39, 0.29) is 31.1 Å². The van der Waals surface area contributed by atoms with Crippen molar-refractivity contribution < 1.29 is 19.4 Å². The van der Waals surface area contributed by atoms with Crippen LogP contribution in [0.15, 0.2) is 0 Å². The number of carboxylic acid groups (broad SMARTS) is 1. The van der Waals surface area contributed by atoms with Crippen LogP contribution in [0.5, 0.6) is 0 Å². The third kappa shape index (κ3) is 8.02. The van der Waals surface area contributed by atoms with Crippen molar-refractivity contribution in [1.29, 1.82) is 0 Å². The molecule has 1 amide bonds. The molecule has 1 unspecified atom stereocenters. The van der Waals surface area contributed by atoms with Crippen LogP contribution in [0.3, 0.4) is 0 Å². The van der Waals surface area contributed by atoms with E-state index in [1.807, 2.05) is 6.92 Å². The zero-order chi connectivity index (χ0) is 15.7. The quantitative estimate of drug-likeness (QED) is 0.670. The number of nitrogens with zero attached hydrogens (tertiary/aromatic N) is 1. The summed E-state index contributed by atoms with van der Waals surface area (Å²) < 4.78 is 5.54. The Labute approximate surface area is 126 Å². The zero-order valence-electron chi connectivity index (χ0n) is 13.1. The molecular formula is C15H28N2O4. The van der Waals surface area contributed by atoms with Crippen LogP contribution in [-0.4, -0.2) is 60.3 Å². The number of hydrogen-bond acceptors (Lipinski definition) is 4. The highest BCUT2D eigenvalue weighted by Gasteiger charge is 2.21. The SMILES string of the molecule is CCCC(C)NC(=O)CN1CCC(OCCC(=O)O)CC1. The summed E-state index contributed by atoms with van der Waals surface area (Å²) >= 11 is 0. The van der Waals surface area contributed by atoms with Gasteiger partial charge >= 0.3 is 5.97 Å². The highest BCUT2D eigenvalue weighted by Crippen LogP contribution is 2.13. The molecule has 122 valence electrons. The monoisotopic (exact) mass is 300 g/mol. The van der Waals surface area contributed by atoms with Gasteiger partial charge in [0, 0.05) is 19.1 Å². The van der Waals surface area contributed by atoms with E-state index in [4.69, 9.17) is 9.84 Å². The molecule has 1 fully saturated rings. The average molecular weight is 300 g/mol. The predicted molar refractivity (Wildman–Crippen MR) is 80.2 cm³/mol. The van der Waals surface area contributed by atoms with Crippen molar-refractivity contribution >= 4 is 11.9 Å². The van der Waals surface area contributed by atoms with Crippen LogP contribution < -0.4 is 5.32 Å². The smallest absolute Gasteiger partial charge is 0.305 e. The first-order chi connectivity index (χ1) is 10.0. The number of carbonyl (C=O) groups excluding carboxylic acids is 1. The lowest BCUT2D eigenvalue weighted by molar-refractivity contribution is -0.139. The molecule has 2 N–H and O–H groups in total. The fourth-order valence-corrected chi connectivity index (χ4v) is 2.58. The number of hydrogen-bond donors (Lipinski definition) is 2. The van der Waals surface area contributed by atoms with Gasteiger partial charge in [-0.25, -0.2) is 0 Å². The molecule has 1 heterocycles. The van der Waals surface area contributed by atoms with E-state index in [0.717, 1.165) is 38.8 Å². The molecule has 0 spiro atoms. The largest absolute Gasteiger partial charge is 0.481 e. The molecule has 6 heteroatoms. The predicted octanol–water partition coefficient (Wildman–Crippen LogP) is 1.25. The standard InChI is InChI=1S/C15H28N2O4/c1-3-4-12(2)16-14(18)11-17-8-5-13(6-9-17)21-10-7-15(19)20/h12-13H,3-11H2,1-2H3,(H,16,18)(H,19,20). The molecule has 1 saturated heterocycles. The average Bonchev–Trinajstić information content (AvgIpc) is 2.40. The number of carboxylic acids is 1. The third-order valence-corrected chi connectivity index (χ3v) is 3.70. The van der Waals surface area contributed by atoms with E-state index in [1.165, 1.54) is 0 Å². The summed E-state index contributed by atoms with van der Waals surface area (Å²) in [5, 5.41) is 11.6. The maximum absolute atomic E-state index is 11.9. The highest BCUT2D eigenvalue weighted by molar-refractivity contribution is 5.78. The Balaban J connectivity index is 2.15. The van der Waals surface area contributed by atoms with Crippen LogP contribution in [0.2, 0.25) is 0 Å². The van der Waals surface area contributed by atoms with Gasteiger partial charge in [-0.1, -0.05) is 13.3 Å². The van der Waals surface area contributed by atoms with Gasteiger partial charge in [0.15, 0.2) is 0 Å². The molecule has 0 bridgehead atoms. The minimum absolute atomic E-state index is 0.0535. The highest BCUT2D eigenvalue weighted by atomic mass is 16.5. The number of ether oxygens (including phenoxy) is 1. The van der Waals surface area contributed by atoms with Gasteiger partial charge in [-0.15, -0.1) is 0 Å². The van der Waals surface area contributed by atoms with Crippen molar-refractivity contribution in [1.82, 2.24) is 10.2 Å². The van der Waals surface area contributed by atoms with Crippen LogP contribution >= 0.6 is 0 Å². The van der Waals surface area contributed by atoms with Crippen molar-refractivity contribution in [2.45, 2.75) is 58.1 Å². The molecule has 0 aromatic carbocycles. The van der Waals surface area contributed by atoms with Crippen molar-refractivity contribution in [3.05, 3.63) is 0 Å². The van der Waals surface area contributed by atoms with Crippen LogP contribution in [0, 0.1) is 0 Å². The second-order valence-corrected chi connectivity index (χ2v) is 5.75. The van der Waals surface area contributed by atoms with E-state index in [1.54, 1.807) is 0 Å². The summed E-state index contributed by atoms with van der Waals surface area (Å²) in [5.74, 6) is -0.744. The Morgan fingerprint density at radius 2 is 2.05 bits per heavy atom. The van der Waals surface area contributed by atoms with Gasteiger partial charge in [-0.2, -0.15) is 0 Å². The Hall–Kier alpha value is -1.14.